The van der Waals surface area contributed by atoms with Crippen molar-refractivity contribution in [2.24, 2.45) is 5.41 Å². The van der Waals surface area contributed by atoms with Crippen LogP contribution in [-0.2, 0) is 15.0 Å². The smallest absolute Gasteiger partial charge is 0.237 e. The molecule has 22 heavy (non-hydrogen) atoms. The number of imide groups is 1. The van der Waals surface area contributed by atoms with E-state index in [1.807, 2.05) is 27.0 Å². The molecule has 0 aliphatic carbocycles. The predicted molar refractivity (Wildman–Crippen MR) is 84.5 cm³/mol. The van der Waals surface area contributed by atoms with Gasteiger partial charge in [0.25, 0.3) is 0 Å². The normalized spacial score (nSPS) is 24.1. The van der Waals surface area contributed by atoms with Gasteiger partial charge in [0, 0.05) is 6.42 Å². The Morgan fingerprint density at radius 1 is 1.32 bits per heavy atom. The highest BCUT2D eigenvalue weighted by atomic mass is 16.3. The molecule has 1 saturated heterocycles. The van der Waals surface area contributed by atoms with Crippen LogP contribution in [0.1, 0.15) is 38.7 Å². The minimum atomic E-state index is -0.823. The van der Waals surface area contributed by atoms with E-state index in [1.165, 1.54) is 0 Å². The molecule has 3 N–H and O–H groups in total. The number of carbonyl (C=O) groups is 2. The summed E-state index contributed by atoms with van der Waals surface area (Å²) in [7, 11) is 1.87. The van der Waals surface area contributed by atoms with Crippen LogP contribution in [0.4, 0.5) is 0 Å². The summed E-state index contributed by atoms with van der Waals surface area (Å²) in [4.78, 5) is 24.6. The van der Waals surface area contributed by atoms with Gasteiger partial charge in [0.2, 0.25) is 11.8 Å². The lowest BCUT2D eigenvalue weighted by Gasteiger charge is -2.48. The second-order valence-corrected chi connectivity index (χ2v) is 6.60. The number of nitrogens with one attached hydrogen (secondary N) is 2. The van der Waals surface area contributed by atoms with Gasteiger partial charge in [-0.05, 0) is 49.5 Å². The van der Waals surface area contributed by atoms with Gasteiger partial charge in [0.05, 0.1) is 5.41 Å². The number of rotatable bonds is 5. The molecule has 1 aliphatic rings. The van der Waals surface area contributed by atoms with Gasteiger partial charge in [-0.15, -0.1) is 0 Å². The molecule has 1 fully saturated rings. The van der Waals surface area contributed by atoms with Crippen LogP contribution < -0.4 is 10.6 Å². The number of piperidine rings is 1. The monoisotopic (exact) mass is 304 g/mol. The Hall–Kier alpha value is -1.88. The quantitative estimate of drug-likeness (QED) is 0.571. The fourth-order valence-corrected chi connectivity index (χ4v) is 3.56. The summed E-state index contributed by atoms with van der Waals surface area (Å²) in [5.74, 6) is -0.374. The summed E-state index contributed by atoms with van der Waals surface area (Å²) in [5.41, 5.74) is -0.580. The zero-order valence-electron chi connectivity index (χ0n) is 13.4. The Labute approximate surface area is 131 Å². The molecule has 0 spiro atoms. The van der Waals surface area contributed by atoms with Crippen molar-refractivity contribution in [3.63, 3.8) is 0 Å². The topological polar surface area (TPSA) is 78.4 Å². The first-order chi connectivity index (χ1) is 10.3. The SMILES string of the molecule is CNCCC[C@]1(c2cccc(O)c2)C(=O)NC(=O)CC1(C)C. The van der Waals surface area contributed by atoms with Gasteiger partial charge < -0.3 is 10.4 Å². The van der Waals surface area contributed by atoms with Gasteiger partial charge in [-0.1, -0.05) is 26.0 Å². The molecule has 0 saturated carbocycles. The Balaban J connectivity index is 2.53. The summed E-state index contributed by atoms with van der Waals surface area (Å²) in [5, 5.41) is 15.4. The van der Waals surface area contributed by atoms with E-state index in [-0.39, 0.29) is 24.0 Å². The molecule has 1 atom stereocenters. The lowest BCUT2D eigenvalue weighted by atomic mass is 9.56. The van der Waals surface area contributed by atoms with Gasteiger partial charge in [-0.3, -0.25) is 14.9 Å². The average molecular weight is 304 g/mol. The number of phenolic OH excluding ortho intramolecular Hbond substituents is 1. The van der Waals surface area contributed by atoms with E-state index >= 15 is 0 Å². The number of hydrogen-bond donors (Lipinski definition) is 3. The molecule has 120 valence electrons. The van der Waals surface area contributed by atoms with Gasteiger partial charge in [0.1, 0.15) is 5.75 Å². The van der Waals surface area contributed by atoms with E-state index in [0.717, 1.165) is 18.5 Å². The Morgan fingerprint density at radius 2 is 2.05 bits per heavy atom. The van der Waals surface area contributed by atoms with Crippen molar-refractivity contribution >= 4 is 11.8 Å². The minimum absolute atomic E-state index is 0.131. The molecule has 0 unspecified atom stereocenters. The maximum atomic E-state index is 12.8. The largest absolute Gasteiger partial charge is 0.508 e. The first kappa shape index (κ1) is 16.5. The standard InChI is InChI=1S/C17H24N2O3/c1-16(2)11-14(21)19-15(22)17(16,8-5-9-18-3)12-6-4-7-13(20)10-12/h4,6-7,10,18,20H,5,8-9,11H2,1-3H3,(H,19,21,22)/t17-/m0/s1. The molecule has 5 heteroatoms. The Morgan fingerprint density at radius 3 is 2.64 bits per heavy atom. The van der Waals surface area contributed by atoms with Gasteiger partial charge >= 0.3 is 0 Å². The van der Waals surface area contributed by atoms with Crippen molar-refractivity contribution in [2.75, 3.05) is 13.6 Å². The molecule has 2 rings (SSSR count). The van der Waals surface area contributed by atoms with Crippen LogP contribution >= 0.6 is 0 Å². The van der Waals surface area contributed by atoms with Crippen LogP contribution in [0, 0.1) is 5.41 Å². The maximum Gasteiger partial charge on any atom is 0.237 e. The first-order valence-corrected chi connectivity index (χ1v) is 7.62. The van der Waals surface area contributed by atoms with Crippen molar-refractivity contribution < 1.29 is 14.7 Å². The van der Waals surface area contributed by atoms with Crippen LogP contribution in [0.25, 0.3) is 0 Å². The fraction of sp³-hybridized carbons (Fsp3) is 0.529. The van der Waals surface area contributed by atoms with Crippen molar-refractivity contribution in [1.82, 2.24) is 10.6 Å². The fourth-order valence-electron chi connectivity index (χ4n) is 3.56. The highest BCUT2D eigenvalue weighted by molar-refractivity contribution is 6.04. The average Bonchev–Trinajstić information content (AvgIpc) is 2.41. The second-order valence-electron chi connectivity index (χ2n) is 6.60. The van der Waals surface area contributed by atoms with Gasteiger partial charge in [-0.25, -0.2) is 0 Å². The van der Waals surface area contributed by atoms with E-state index in [4.69, 9.17) is 0 Å². The minimum Gasteiger partial charge on any atom is -0.508 e. The number of hydrogen-bond acceptors (Lipinski definition) is 4. The number of carbonyl (C=O) groups excluding carboxylic acids is 2. The number of benzene rings is 1. The third-order valence-corrected chi connectivity index (χ3v) is 4.72. The number of amides is 2. The Kier molecular flexibility index (Phi) is 4.56. The van der Waals surface area contributed by atoms with Crippen LogP contribution in [0.2, 0.25) is 0 Å². The molecule has 0 bridgehead atoms. The molecular weight excluding hydrogens is 280 g/mol. The Bertz CT molecular complexity index is 583. The van der Waals surface area contributed by atoms with E-state index in [2.05, 4.69) is 10.6 Å². The summed E-state index contributed by atoms with van der Waals surface area (Å²) < 4.78 is 0. The van der Waals surface area contributed by atoms with E-state index in [0.29, 0.717) is 6.42 Å². The van der Waals surface area contributed by atoms with Gasteiger partial charge in [-0.2, -0.15) is 0 Å². The lowest BCUT2D eigenvalue weighted by molar-refractivity contribution is -0.145. The third-order valence-electron chi connectivity index (χ3n) is 4.72. The molecule has 1 aromatic rings. The van der Waals surface area contributed by atoms with E-state index < -0.39 is 10.8 Å². The number of phenols is 1. The molecule has 2 amide bonds. The summed E-state index contributed by atoms with van der Waals surface area (Å²) in [6.45, 7) is 4.69. The molecule has 1 aromatic carbocycles. The first-order valence-electron chi connectivity index (χ1n) is 7.62. The third kappa shape index (κ3) is 2.73. The number of aromatic hydroxyl groups is 1. The van der Waals surface area contributed by atoms with Crippen molar-refractivity contribution in [2.45, 2.75) is 38.5 Å². The second kappa shape index (κ2) is 6.08. The molecule has 1 aliphatic heterocycles. The highest BCUT2D eigenvalue weighted by Crippen LogP contribution is 2.50. The molecule has 0 aromatic heterocycles. The summed E-state index contributed by atoms with van der Waals surface area (Å²) >= 11 is 0. The molecular formula is C17H24N2O3. The van der Waals surface area contributed by atoms with E-state index in [9.17, 15) is 14.7 Å². The predicted octanol–water partition coefficient (Wildman–Crippen LogP) is 1.70. The van der Waals surface area contributed by atoms with Crippen molar-refractivity contribution in [3.05, 3.63) is 29.8 Å². The zero-order chi connectivity index (χ0) is 16.4. The van der Waals surface area contributed by atoms with Crippen LogP contribution in [-0.4, -0.2) is 30.5 Å². The summed E-state index contributed by atoms with van der Waals surface area (Å²) in [6.07, 6.45) is 1.70. The summed E-state index contributed by atoms with van der Waals surface area (Å²) in [6, 6.07) is 6.82. The van der Waals surface area contributed by atoms with Crippen LogP contribution in [0.5, 0.6) is 5.75 Å². The van der Waals surface area contributed by atoms with Crippen LogP contribution in [0.15, 0.2) is 24.3 Å². The molecule has 1 heterocycles. The van der Waals surface area contributed by atoms with Crippen molar-refractivity contribution in [3.8, 4) is 5.75 Å². The molecule has 5 nitrogen and oxygen atoms in total. The van der Waals surface area contributed by atoms with Gasteiger partial charge in [0.15, 0.2) is 0 Å². The highest BCUT2D eigenvalue weighted by Gasteiger charge is 2.55. The van der Waals surface area contributed by atoms with E-state index in [1.54, 1.807) is 18.2 Å². The maximum absolute atomic E-state index is 12.8. The zero-order valence-corrected chi connectivity index (χ0v) is 13.4. The lowest BCUT2D eigenvalue weighted by Crippen LogP contribution is -2.61. The van der Waals surface area contributed by atoms with Crippen LogP contribution in [0.3, 0.4) is 0 Å². The molecule has 0 radical (unpaired) electrons. The van der Waals surface area contributed by atoms with Crippen molar-refractivity contribution in [1.29, 1.82) is 0 Å².